The van der Waals surface area contributed by atoms with E-state index in [1.807, 2.05) is 12.4 Å². The molecule has 4 aliphatic rings. The van der Waals surface area contributed by atoms with E-state index < -0.39 is 0 Å². The molecule has 1 aromatic carbocycles. The molecule has 2 aromatic rings. The largest absolute Gasteiger partial charge is 0.393 e. The third kappa shape index (κ3) is 2.44. The van der Waals surface area contributed by atoms with Crippen molar-refractivity contribution in [2.75, 3.05) is 0 Å². The molecule has 30 heavy (non-hydrogen) atoms. The van der Waals surface area contributed by atoms with Crippen molar-refractivity contribution in [1.29, 1.82) is 0 Å². The van der Waals surface area contributed by atoms with Gasteiger partial charge in [-0.1, -0.05) is 32.1 Å². The summed E-state index contributed by atoms with van der Waals surface area (Å²) in [7, 11) is 0. The van der Waals surface area contributed by atoms with Gasteiger partial charge in [0.25, 0.3) is 0 Å². The number of aliphatic hydroxyl groups is 2. The summed E-state index contributed by atoms with van der Waals surface area (Å²) in [6.45, 7) is 4.82. The van der Waals surface area contributed by atoms with Crippen molar-refractivity contribution in [2.24, 2.45) is 34.5 Å². The first-order valence-corrected chi connectivity index (χ1v) is 11.9. The molecule has 4 heteroatoms. The van der Waals surface area contributed by atoms with E-state index in [0.29, 0.717) is 23.7 Å². The van der Waals surface area contributed by atoms with Crippen LogP contribution in [-0.2, 0) is 0 Å². The highest BCUT2D eigenvalue weighted by Crippen LogP contribution is 2.67. The summed E-state index contributed by atoms with van der Waals surface area (Å²) in [5.74, 6) is 2.09. The van der Waals surface area contributed by atoms with Gasteiger partial charge >= 0.3 is 0 Å². The van der Waals surface area contributed by atoms with Crippen molar-refractivity contribution in [2.45, 2.75) is 71.0 Å². The number of allylic oxidation sites excluding steroid dienone is 2. The number of aromatic nitrogens is 2. The smallest absolute Gasteiger partial charge is 0.100 e. The van der Waals surface area contributed by atoms with Crippen molar-refractivity contribution in [3.05, 3.63) is 36.7 Å². The van der Waals surface area contributed by atoms with E-state index in [0.717, 1.165) is 37.6 Å². The summed E-state index contributed by atoms with van der Waals surface area (Å²) in [5, 5.41) is 21.9. The minimum absolute atomic E-state index is 0.0125. The SMILES string of the molecule is CC12CC(O)C3C(CC[C@@H]4CC(O)CC[C@]34C)C1CC=C2n1cnc2ccccc21. The number of fused-ring (bicyclic) bond motifs is 6. The van der Waals surface area contributed by atoms with Crippen LogP contribution in [0.4, 0.5) is 0 Å². The highest BCUT2D eigenvalue weighted by Gasteiger charge is 2.61. The predicted octanol–water partition coefficient (Wildman–Crippen LogP) is 4.86. The van der Waals surface area contributed by atoms with Gasteiger partial charge in [0.2, 0.25) is 0 Å². The normalized spacial score (nSPS) is 45.5. The molecule has 0 radical (unpaired) electrons. The van der Waals surface area contributed by atoms with Crippen molar-refractivity contribution in [3.63, 3.8) is 0 Å². The van der Waals surface area contributed by atoms with Gasteiger partial charge in [0.1, 0.15) is 6.33 Å². The molecule has 4 nitrogen and oxygen atoms in total. The van der Waals surface area contributed by atoms with Crippen molar-refractivity contribution < 1.29 is 10.2 Å². The topological polar surface area (TPSA) is 58.3 Å². The molecule has 4 aliphatic carbocycles. The second-order valence-corrected chi connectivity index (χ2v) is 11.1. The number of imidazole rings is 1. The molecular weight excluding hydrogens is 372 g/mol. The van der Waals surface area contributed by atoms with Gasteiger partial charge in [-0.25, -0.2) is 4.98 Å². The molecule has 3 fully saturated rings. The Hall–Kier alpha value is -1.65. The third-order valence-corrected chi connectivity index (χ3v) is 9.82. The van der Waals surface area contributed by atoms with Gasteiger partial charge < -0.3 is 14.8 Å². The van der Waals surface area contributed by atoms with E-state index in [2.05, 4.69) is 47.7 Å². The van der Waals surface area contributed by atoms with Gasteiger partial charge in [0.05, 0.1) is 23.2 Å². The van der Waals surface area contributed by atoms with Gasteiger partial charge in [-0.3, -0.25) is 0 Å². The van der Waals surface area contributed by atoms with Crippen molar-refractivity contribution in [1.82, 2.24) is 9.55 Å². The molecule has 2 N–H and O–H groups in total. The standard InChI is InChI=1S/C26H34N2O2/c1-25-12-11-17(29)13-16(25)7-8-18-19-9-10-23(26(19,2)14-22(30)24(18)25)28-15-27-20-5-3-4-6-21(20)28/h3-6,10,15-19,22,24,29-30H,7-9,11-14H2,1-2H3/t16-,17?,18?,19?,22?,24?,25+,26?/m1/s1. The minimum atomic E-state index is -0.268. The quantitative estimate of drug-likeness (QED) is 0.711. The molecule has 1 aromatic heterocycles. The van der Waals surface area contributed by atoms with E-state index in [9.17, 15) is 10.2 Å². The molecule has 6 unspecified atom stereocenters. The number of rotatable bonds is 1. The lowest BCUT2D eigenvalue weighted by Crippen LogP contribution is -2.58. The van der Waals surface area contributed by atoms with Crippen LogP contribution in [0.1, 0.15) is 58.8 Å². The van der Waals surface area contributed by atoms with Crippen LogP contribution < -0.4 is 0 Å². The predicted molar refractivity (Wildman–Crippen MR) is 119 cm³/mol. The maximum Gasteiger partial charge on any atom is 0.100 e. The molecule has 1 heterocycles. The fourth-order valence-corrected chi connectivity index (χ4v) is 8.43. The van der Waals surface area contributed by atoms with Crippen LogP contribution in [0, 0.1) is 34.5 Å². The van der Waals surface area contributed by atoms with Gasteiger partial charge in [-0.15, -0.1) is 0 Å². The van der Waals surface area contributed by atoms with Gasteiger partial charge in [0, 0.05) is 11.1 Å². The van der Waals surface area contributed by atoms with Crippen LogP contribution in [0.15, 0.2) is 36.7 Å². The van der Waals surface area contributed by atoms with E-state index in [-0.39, 0.29) is 23.0 Å². The Morgan fingerprint density at radius 1 is 1.10 bits per heavy atom. The highest BCUT2D eigenvalue weighted by atomic mass is 16.3. The lowest BCUT2D eigenvalue weighted by atomic mass is 9.44. The van der Waals surface area contributed by atoms with Crippen LogP contribution in [-0.4, -0.2) is 32.0 Å². The molecule has 8 atom stereocenters. The molecule has 0 amide bonds. The van der Waals surface area contributed by atoms with Crippen LogP contribution in [0.5, 0.6) is 0 Å². The van der Waals surface area contributed by atoms with Crippen molar-refractivity contribution >= 4 is 16.7 Å². The molecule has 0 saturated heterocycles. The number of para-hydroxylation sites is 2. The third-order valence-electron chi connectivity index (χ3n) is 9.82. The summed E-state index contributed by atoms with van der Waals surface area (Å²) in [6.07, 6.45) is 11.2. The molecular formula is C26H34N2O2. The first-order chi connectivity index (χ1) is 14.4. The number of aliphatic hydroxyl groups excluding tert-OH is 2. The second kappa shape index (κ2) is 6.43. The average Bonchev–Trinajstić information content (AvgIpc) is 3.28. The Balaban J connectivity index is 1.37. The Labute approximate surface area is 179 Å². The Bertz CT molecular complexity index is 1010. The van der Waals surface area contributed by atoms with Crippen LogP contribution >= 0.6 is 0 Å². The number of hydrogen-bond donors (Lipinski definition) is 2. The summed E-state index contributed by atoms with van der Waals surface area (Å²) in [6, 6.07) is 8.36. The monoisotopic (exact) mass is 406 g/mol. The summed E-state index contributed by atoms with van der Waals surface area (Å²) < 4.78 is 2.28. The van der Waals surface area contributed by atoms with Crippen molar-refractivity contribution in [3.8, 4) is 0 Å². The van der Waals surface area contributed by atoms with E-state index in [1.165, 1.54) is 24.1 Å². The average molecular weight is 407 g/mol. The second-order valence-electron chi connectivity index (χ2n) is 11.1. The molecule has 0 bridgehead atoms. The van der Waals surface area contributed by atoms with Gasteiger partial charge in [-0.05, 0) is 86.2 Å². The zero-order chi connectivity index (χ0) is 20.7. The van der Waals surface area contributed by atoms with Crippen LogP contribution in [0.25, 0.3) is 16.7 Å². The Kier molecular flexibility index (Phi) is 4.09. The lowest BCUT2D eigenvalue weighted by molar-refractivity contribution is -0.166. The molecule has 6 rings (SSSR count). The number of nitrogens with zero attached hydrogens (tertiary/aromatic N) is 2. The molecule has 160 valence electrons. The lowest BCUT2D eigenvalue weighted by Gasteiger charge is -2.62. The summed E-state index contributed by atoms with van der Waals surface area (Å²) in [4.78, 5) is 4.64. The molecule has 3 saturated carbocycles. The molecule has 0 spiro atoms. The fourth-order valence-electron chi connectivity index (χ4n) is 8.43. The van der Waals surface area contributed by atoms with E-state index >= 15 is 0 Å². The first kappa shape index (κ1) is 19.1. The fraction of sp³-hybridized carbons (Fsp3) is 0.654. The number of benzene rings is 1. The van der Waals surface area contributed by atoms with Crippen LogP contribution in [0.2, 0.25) is 0 Å². The highest BCUT2D eigenvalue weighted by molar-refractivity contribution is 5.80. The van der Waals surface area contributed by atoms with Gasteiger partial charge in [-0.2, -0.15) is 0 Å². The Morgan fingerprint density at radius 2 is 1.93 bits per heavy atom. The maximum absolute atomic E-state index is 11.6. The van der Waals surface area contributed by atoms with Gasteiger partial charge in [0.15, 0.2) is 0 Å². The van der Waals surface area contributed by atoms with E-state index in [1.54, 1.807) is 0 Å². The number of hydrogen-bond acceptors (Lipinski definition) is 3. The maximum atomic E-state index is 11.6. The molecule has 0 aliphatic heterocycles. The van der Waals surface area contributed by atoms with E-state index in [4.69, 9.17) is 0 Å². The first-order valence-electron chi connectivity index (χ1n) is 11.9. The zero-order valence-electron chi connectivity index (χ0n) is 18.2. The minimum Gasteiger partial charge on any atom is -0.393 e. The Morgan fingerprint density at radius 3 is 2.80 bits per heavy atom. The summed E-state index contributed by atoms with van der Waals surface area (Å²) in [5.41, 5.74) is 3.70. The zero-order valence-corrected chi connectivity index (χ0v) is 18.2. The summed E-state index contributed by atoms with van der Waals surface area (Å²) >= 11 is 0. The van der Waals surface area contributed by atoms with Crippen LogP contribution in [0.3, 0.4) is 0 Å².